The number of hydrogen-bond donors (Lipinski definition) is 1. The molecule has 0 radical (unpaired) electrons. The van der Waals surface area contributed by atoms with Gasteiger partial charge in [-0.1, -0.05) is 70.9 Å². The van der Waals surface area contributed by atoms with Crippen LogP contribution in [0.1, 0.15) is 36.4 Å². The molecule has 1 saturated carbocycles. The van der Waals surface area contributed by atoms with Crippen molar-refractivity contribution in [3.05, 3.63) is 69.2 Å². The molecule has 1 aliphatic carbocycles. The van der Waals surface area contributed by atoms with Crippen LogP contribution in [0.15, 0.2) is 53.0 Å². The third-order valence-electron chi connectivity index (χ3n) is 4.22. The van der Waals surface area contributed by atoms with Crippen molar-refractivity contribution in [1.29, 1.82) is 0 Å². The lowest BCUT2D eigenvalue weighted by atomic mass is 9.98. The van der Waals surface area contributed by atoms with Gasteiger partial charge in [0.05, 0.1) is 0 Å². The molecule has 0 bridgehead atoms. The summed E-state index contributed by atoms with van der Waals surface area (Å²) < 4.78 is 1.03. The molecule has 2 aromatic rings. The van der Waals surface area contributed by atoms with Crippen LogP contribution in [-0.2, 0) is 0 Å². The Hall–Kier alpha value is -0.830. The van der Waals surface area contributed by atoms with Gasteiger partial charge in [0.15, 0.2) is 0 Å². The van der Waals surface area contributed by atoms with Crippen molar-refractivity contribution < 1.29 is 0 Å². The average Bonchev–Trinajstić information content (AvgIpc) is 3.27. The SMILES string of the molecule is CCNC(c1ccc(Br)cc1Cl)C1CC1c1ccccc1. The van der Waals surface area contributed by atoms with Crippen molar-refractivity contribution in [3.8, 4) is 0 Å². The molecule has 0 aromatic heterocycles. The topological polar surface area (TPSA) is 12.0 Å². The fourth-order valence-electron chi connectivity index (χ4n) is 3.13. The maximum absolute atomic E-state index is 6.46. The first-order valence-electron chi connectivity index (χ1n) is 7.44. The summed E-state index contributed by atoms with van der Waals surface area (Å²) in [6, 6.07) is 17.3. The Morgan fingerprint density at radius 1 is 1.24 bits per heavy atom. The van der Waals surface area contributed by atoms with Gasteiger partial charge in [0, 0.05) is 15.5 Å². The second-order valence-electron chi connectivity index (χ2n) is 5.62. The van der Waals surface area contributed by atoms with Gasteiger partial charge in [0.1, 0.15) is 0 Å². The second kappa shape index (κ2) is 6.51. The maximum atomic E-state index is 6.46. The van der Waals surface area contributed by atoms with Crippen LogP contribution >= 0.6 is 27.5 Å². The quantitative estimate of drug-likeness (QED) is 0.732. The van der Waals surface area contributed by atoms with Gasteiger partial charge in [-0.25, -0.2) is 0 Å². The van der Waals surface area contributed by atoms with Crippen molar-refractivity contribution in [2.45, 2.75) is 25.3 Å². The number of hydrogen-bond acceptors (Lipinski definition) is 1. The van der Waals surface area contributed by atoms with Crippen molar-refractivity contribution in [2.24, 2.45) is 5.92 Å². The van der Waals surface area contributed by atoms with E-state index in [0.29, 0.717) is 17.9 Å². The minimum Gasteiger partial charge on any atom is -0.310 e. The number of rotatable bonds is 5. The molecule has 3 unspecified atom stereocenters. The molecule has 1 N–H and O–H groups in total. The highest BCUT2D eigenvalue weighted by atomic mass is 79.9. The van der Waals surface area contributed by atoms with Crippen molar-refractivity contribution in [3.63, 3.8) is 0 Å². The fraction of sp³-hybridized carbons (Fsp3) is 0.333. The first kappa shape index (κ1) is 15.1. The lowest BCUT2D eigenvalue weighted by Crippen LogP contribution is -2.23. The normalized spacial score (nSPS) is 22.0. The van der Waals surface area contributed by atoms with E-state index in [-0.39, 0.29) is 0 Å². The molecular weight excluding hydrogens is 346 g/mol. The van der Waals surface area contributed by atoms with Crippen LogP contribution in [-0.4, -0.2) is 6.54 Å². The van der Waals surface area contributed by atoms with Crippen LogP contribution in [0.4, 0.5) is 0 Å². The zero-order valence-corrected chi connectivity index (χ0v) is 14.4. The molecule has 3 rings (SSSR count). The monoisotopic (exact) mass is 363 g/mol. The van der Waals surface area contributed by atoms with E-state index in [1.165, 1.54) is 17.5 Å². The smallest absolute Gasteiger partial charge is 0.0465 e. The summed E-state index contributed by atoms with van der Waals surface area (Å²) in [6.45, 7) is 3.11. The Morgan fingerprint density at radius 3 is 2.67 bits per heavy atom. The summed E-state index contributed by atoms with van der Waals surface area (Å²) in [5, 5.41) is 4.46. The van der Waals surface area contributed by atoms with E-state index in [1.807, 2.05) is 6.07 Å². The standard InChI is InChI=1S/C18H19BrClN/c1-2-21-18(14-9-8-13(19)10-17(14)20)16-11-15(16)12-6-4-3-5-7-12/h3-10,15-16,18,21H,2,11H2,1H3. The zero-order chi connectivity index (χ0) is 14.8. The first-order valence-corrected chi connectivity index (χ1v) is 8.61. The first-order chi connectivity index (χ1) is 10.2. The molecular formula is C18H19BrClN. The van der Waals surface area contributed by atoms with Crippen molar-refractivity contribution in [2.75, 3.05) is 6.54 Å². The van der Waals surface area contributed by atoms with Gasteiger partial charge in [-0.15, -0.1) is 0 Å². The molecule has 0 heterocycles. The van der Waals surface area contributed by atoms with E-state index in [0.717, 1.165) is 16.0 Å². The summed E-state index contributed by atoms with van der Waals surface area (Å²) in [6.07, 6.45) is 1.23. The molecule has 2 aromatic carbocycles. The Labute approximate surface area is 139 Å². The van der Waals surface area contributed by atoms with E-state index in [2.05, 4.69) is 70.6 Å². The minimum absolute atomic E-state index is 0.334. The molecule has 3 heteroatoms. The highest BCUT2D eigenvalue weighted by Crippen LogP contribution is 2.54. The van der Waals surface area contributed by atoms with E-state index in [1.54, 1.807) is 0 Å². The highest BCUT2D eigenvalue weighted by Gasteiger charge is 2.44. The second-order valence-corrected chi connectivity index (χ2v) is 6.94. The molecule has 1 nitrogen and oxygen atoms in total. The molecule has 0 saturated heterocycles. The van der Waals surface area contributed by atoms with Crippen LogP contribution < -0.4 is 5.32 Å². The van der Waals surface area contributed by atoms with Gasteiger partial charge in [-0.05, 0) is 48.1 Å². The molecule has 0 amide bonds. The zero-order valence-electron chi connectivity index (χ0n) is 12.0. The van der Waals surface area contributed by atoms with Crippen LogP contribution in [0.25, 0.3) is 0 Å². The minimum atomic E-state index is 0.334. The van der Waals surface area contributed by atoms with E-state index in [4.69, 9.17) is 11.6 Å². The Morgan fingerprint density at radius 2 is 2.00 bits per heavy atom. The predicted octanol–water partition coefficient (Wildman–Crippen LogP) is 5.56. The summed E-state index contributed by atoms with van der Waals surface area (Å²) in [5.41, 5.74) is 2.66. The third-order valence-corrected chi connectivity index (χ3v) is 5.04. The van der Waals surface area contributed by atoms with E-state index in [9.17, 15) is 0 Å². The van der Waals surface area contributed by atoms with Gasteiger partial charge in [0.2, 0.25) is 0 Å². The van der Waals surface area contributed by atoms with E-state index >= 15 is 0 Å². The fourth-order valence-corrected chi connectivity index (χ4v) is 3.92. The molecule has 21 heavy (non-hydrogen) atoms. The maximum Gasteiger partial charge on any atom is 0.0465 e. The van der Waals surface area contributed by atoms with Crippen LogP contribution in [0.5, 0.6) is 0 Å². The highest BCUT2D eigenvalue weighted by molar-refractivity contribution is 9.10. The average molecular weight is 365 g/mol. The lowest BCUT2D eigenvalue weighted by Gasteiger charge is -2.20. The molecule has 110 valence electrons. The lowest BCUT2D eigenvalue weighted by molar-refractivity contribution is 0.487. The predicted molar refractivity (Wildman–Crippen MR) is 92.9 cm³/mol. The number of benzene rings is 2. The summed E-state index contributed by atoms with van der Waals surface area (Å²) >= 11 is 9.94. The molecule has 1 aliphatic rings. The summed E-state index contributed by atoms with van der Waals surface area (Å²) in [5.74, 6) is 1.28. The molecule has 0 spiro atoms. The third kappa shape index (κ3) is 3.33. The Balaban J connectivity index is 1.83. The molecule has 1 fully saturated rings. The van der Waals surface area contributed by atoms with E-state index < -0.39 is 0 Å². The summed E-state index contributed by atoms with van der Waals surface area (Å²) in [4.78, 5) is 0. The van der Waals surface area contributed by atoms with Crippen molar-refractivity contribution in [1.82, 2.24) is 5.32 Å². The largest absolute Gasteiger partial charge is 0.310 e. The van der Waals surface area contributed by atoms with Crippen LogP contribution in [0.2, 0.25) is 5.02 Å². The van der Waals surface area contributed by atoms with Gasteiger partial charge in [-0.2, -0.15) is 0 Å². The van der Waals surface area contributed by atoms with Gasteiger partial charge >= 0.3 is 0 Å². The summed E-state index contributed by atoms with van der Waals surface area (Å²) in [7, 11) is 0. The van der Waals surface area contributed by atoms with Crippen molar-refractivity contribution >= 4 is 27.5 Å². The Bertz CT molecular complexity index is 614. The molecule has 3 atom stereocenters. The van der Waals surface area contributed by atoms with Gasteiger partial charge < -0.3 is 5.32 Å². The number of halogens is 2. The van der Waals surface area contributed by atoms with Gasteiger partial charge in [-0.3, -0.25) is 0 Å². The number of nitrogens with one attached hydrogen (secondary N) is 1. The molecule has 0 aliphatic heterocycles. The Kier molecular flexibility index (Phi) is 4.68. The van der Waals surface area contributed by atoms with Crippen LogP contribution in [0.3, 0.4) is 0 Å². The van der Waals surface area contributed by atoms with Crippen LogP contribution in [0, 0.1) is 5.92 Å². The van der Waals surface area contributed by atoms with Gasteiger partial charge in [0.25, 0.3) is 0 Å².